The number of ketones is 2. The lowest BCUT2D eigenvalue weighted by molar-refractivity contribution is -0.117. The van der Waals surface area contributed by atoms with Crippen LogP contribution in [-0.2, 0) is 14.2 Å². The van der Waals surface area contributed by atoms with Crippen molar-refractivity contribution >= 4 is 19.3 Å². The van der Waals surface area contributed by atoms with E-state index in [2.05, 4.69) is 0 Å². The Hall–Kier alpha value is -2.41. The van der Waals surface area contributed by atoms with Gasteiger partial charge in [-0.3, -0.25) is 14.7 Å². The van der Waals surface area contributed by atoms with E-state index in [1.165, 1.54) is 12.1 Å². The molecule has 0 aromatic heterocycles. The largest absolute Gasteiger partial charge is 0.508 e. The molecule has 25 heavy (non-hydrogen) atoms. The highest BCUT2D eigenvalue weighted by Gasteiger charge is 2.33. The van der Waals surface area contributed by atoms with Crippen LogP contribution >= 0.6 is 7.75 Å². The summed E-state index contributed by atoms with van der Waals surface area (Å²) in [5, 5.41) is 21.3. The summed E-state index contributed by atoms with van der Waals surface area (Å²) in [6.45, 7) is 1.74. The molecule has 5 N–H and O–H groups in total. The van der Waals surface area contributed by atoms with Crippen molar-refractivity contribution in [2.24, 2.45) is 0 Å². The summed E-state index contributed by atoms with van der Waals surface area (Å²) in [6.07, 6.45) is 0.779. The van der Waals surface area contributed by atoms with Crippen molar-refractivity contribution in [3.8, 4) is 5.75 Å². The quantitative estimate of drug-likeness (QED) is 0.479. The minimum absolute atomic E-state index is 0.0279. The lowest BCUT2D eigenvalue weighted by atomic mass is 9.85. The first-order valence-electron chi connectivity index (χ1n) is 7.46. The van der Waals surface area contributed by atoms with E-state index in [1.807, 2.05) is 5.09 Å². The fourth-order valence-electron chi connectivity index (χ4n) is 2.69. The van der Waals surface area contributed by atoms with Crippen LogP contribution in [0.1, 0.15) is 31.2 Å². The number of aliphatic hydroxyl groups is 1. The number of allylic oxidation sites excluding steroid dienone is 3. The van der Waals surface area contributed by atoms with Crippen molar-refractivity contribution in [3.63, 3.8) is 0 Å². The number of phenols is 1. The molecule has 1 aromatic rings. The van der Waals surface area contributed by atoms with Crippen LogP contribution in [0.2, 0.25) is 0 Å². The van der Waals surface area contributed by atoms with Crippen LogP contribution < -0.4 is 5.09 Å². The summed E-state index contributed by atoms with van der Waals surface area (Å²) in [4.78, 5) is 42.7. The molecule has 0 heterocycles. The number of carbonyl (C=O) groups excluding carboxylic acids is 2. The first-order chi connectivity index (χ1) is 11.6. The van der Waals surface area contributed by atoms with E-state index in [-0.39, 0.29) is 17.0 Å². The number of nitrogens with one attached hydrogen (secondary N) is 1. The molecule has 1 aromatic carbocycles. The maximum absolute atomic E-state index is 12.9. The summed E-state index contributed by atoms with van der Waals surface area (Å²) in [6, 6.07) is 5.92. The van der Waals surface area contributed by atoms with Gasteiger partial charge in [0.2, 0.25) is 0 Å². The van der Waals surface area contributed by atoms with E-state index in [0.717, 1.165) is 6.08 Å². The van der Waals surface area contributed by atoms with Crippen LogP contribution in [0.5, 0.6) is 5.75 Å². The first kappa shape index (κ1) is 18.9. The molecule has 1 aliphatic carbocycles. The number of aliphatic hydroxyl groups excluding tert-OH is 1. The van der Waals surface area contributed by atoms with Gasteiger partial charge in [-0.15, -0.1) is 0 Å². The van der Waals surface area contributed by atoms with Gasteiger partial charge in [0.1, 0.15) is 11.5 Å². The van der Waals surface area contributed by atoms with Crippen molar-refractivity contribution in [2.75, 3.05) is 0 Å². The third-order valence-corrected chi connectivity index (χ3v) is 4.32. The van der Waals surface area contributed by atoms with E-state index in [1.54, 1.807) is 19.1 Å². The molecule has 0 saturated heterocycles. The number of phenolic OH excluding ortho intramolecular Hbond substituents is 1. The summed E-state index contributed by atoms with van der Waals surface area (Å²) in [7, 11) is -4.77. The smallest absolute Gasteiger partial charge is 0.427 e. The van der Waals surface area contributed by atoms with Gasteiger partial charge in [0, 0.05) is 17.7 Å². The summed E-state index contributed by atoms with van der Waals surface area (Å²) in [5.74, 6) is -2.48. The number of benzene rings is 1. The Balaban J connectivity index is 2.48. The minimum atomic E-state index is -4.77. The van der Waals surface area contributed by atoms with Gasteiger partial charge in [-0.25, -0.2) is 4.57 Å². The van der Waals surface area contributed by atoms with Crippen LogP contribution in [0.4, 0.5) is 0 Å². The fraction of sp³-hybridized carbons (Fsp3) is 0.250. The van der Waals surface area contributed by atoms with Gasteiger partial charge < -0.3 is 20.0 Å². The van der Waals surface area contributed by atoms with Crippen LogP contribution in [0.25, 0.3) is 0 Å². The third-order valence-electron chi connectivity index (χ3n) is 3.75. The number of rotatable bonds is 6. The minimum Gasteiger partial charge on any atom is -0.508 e. The zero-order valence-corrected chi connectivity index (χ0v) is 14.2. The van der Waals surface area contributed by atoms with E-state index in [9.17, 15) is 24.4 Å². The van der Waals surface area contributed by atoms with E-state index in [4.69, 9.17) is 9.79 Å². The molecule has 0 spiro atoms. The lowest BCUT2D eigenvalue weighted by Gasteiger charge is -2.22. The number of Topliss-reactive ketones (excluding diaryl/α,β-unsaturated/α-hetero) is 1. The van der Waals surface area contributed by atoms with Crippen LogP contribution in [-0.4, -0.2) is 31.6 Å². The van der Waals surface area contributed by atoms with Gasteiger partial charge in [0.05, 0.1) is 12.0 Å². The highest BCUT2D eigenvalue weighted by Crippen LogP contribution is 2.36. The molecular weight excluding hydrogens is 349 g/mol. The van der Waals surface area contributed by atoms with Gasteiger partial charge >= 0.3 is 7.75 Å². The maximum Gasteiger partial charge on any atom is 0.427 e. The zero-order chi connectivity index (χ0) is 18.8. The Labute approximate surface area is 143 Å². The second kappa shape index (κ2) is 7.23. The Morgan fingerprint density at radius 3 is 2.36 bits per heavy atom. The summed E-state index contributed by atoms with van der Waals surface area (Å²) < 4.78 is 11.2. The molecule has 9 heteroatoms. The van der Waals surface area contributed by atoms with Crippen molar-refractivity contribution in [2.45, 2.75) is 25.7 Å². The van der Waals surface area contributed by atoms with Gasteiger partial charge in [-0.1, -0.05) is 19.1 Å². The molecule has 134 valence electrons. The monoisotopic (exact) mass is 367 g/mol. The zero-order valence-electron chi connectivity index (χ0n) is 13.3. The van der Waals surface area contributed by atoms with Crippen molar-refractivity contribution in [3.05, 3.63) is 52.9 Å². The number of carbonyl (C=O) groups is 2. The van der Waals surface area contributed by atoms with E-state index >= 15 is 0 Å². The predicted molar refractivity (Wildman–Crippen MR) is 88.7 cm³/mol. The summed E-state index contributed by atoms with van der Waals surface area (Å²) in [5.41, 5.74) is -0.0542. The van der Waals surface area contributed by atoms with E-state index in [0.29, 0.717) is 12.0 Å². The molecule has 0 fully saturated rings. The highest BCUT2D eigenvalue weighted by molar-refractivity contribution is 7.49. The molecule has 1 atom stereocenters. The third kappa shape index (κ3) is 4.57. The second-order valence-corrected chi connectivity index (χ2v) is 6.91. The van der Waals surface area contributed by atoms with Crippen molar-refractivity contribution in [1.29, 1.82) is 0 Å². The molecule has 1 aliphatic rings. The number of hydrogen-bond donors (Lipinski definition) is 5. The predicted octanol–water partition coefficient (Wildman–Crippen LogP) is 1.81. The first-order valence-corrected chi connectivity index (χ1v) is 9.07. The van der Waals surface area contributed by atoms with Crippen molar-refractivity contribution in [1.82, 2.24) is 5.09 Å². The molecule has 0 radical (unpaired) electrons. The molecule has 0 aliphatic heterocycles. The molecule has 0 bridgehead atoms. The van der Waals surface area contributed by atoms with E-state index < -0.39 is 37.4 Å². The average molecular weight is 367 g/mol. The summed E-state index contributed by atoms with van der Waals surface area (Å²) >= 11 is 0. The van der Waals surface area contributed by atoms with Gasteiger partial charge in [0.15, 0.2) is 11.6 Å². The molecular formula is C16H18NO7P. The molecule has 2 rings (SSSR count). The van der Waals surface area contributed by atoms with Crippen molar-refractivity contribution < 1.29 is 34.2 Å². The molecule has 0 saturated carbocycles. The lowest BCUT2D eigenvalue weighted by Crippen LogP contribution is -2.26. The molecule has 1 unspecified atom stereocenters. The topological polar surface area (TPSA) is 144 Å². The standard InChI is InChI=1S/C16H18NO7P/c1-2-12(9-3-5-10(18)6-4-9)16(21)15-13(17-25(22,23)24)7-11(19)8-14(15)20/h3-6,8,12,18,20H,2,7H2,1H3,(H3,17,22,23,24). The molecule has 0 amide bonds. The Bertz CT molecular complexity index is 804. The van der Waals surface area contributed by atoms with Crippen LogP contribution in [0.3, 0.4) is 0 Å². The van der Waals surface area contributed by atoms with Gasteiger partial charge in [-0.05, 0) is 24.1 Å². The Kier molecular flexibility index (Phi) is 5.47. The Morgan fingerprint density at radius 1 is 1.24 bits per heavy atom. The van der Waals surface area contributed by atoms with Gasteiger partial charge in [0.25, 0.3) is 0 Å². The highest BCUT2D eigenvalue weighted by atomic mass is 31.2. The Morgan fingerprint density at radius 2 is 1.84 bits per heavy atom. The fourth-order valence-corrected chi connectivity index (χ4v) is 3.23. The van der Waals surface area contributed by atoms with Gasteiger partial charge in [-0.2, -0.15) is 0 Å². The number of hydrogen-bond acceptors (Lipinski definition) is 5. The SMILES string of the molecule is CCC(C(=O)C1=C(NP(=O)(O)O)CC(=O)C=C1O)c1ccc(O)cc1. The number of aromatic hydroxyl groups is 1. The maximum atomic E-state index is 12.9. The second-order valence-electron chi connectivity index (χ2n) is 5.60. The average Bonchev–Trinajstić information content (AvgIpc) is 2.47. The molecule has 8 nitrogen and oxygen atoms in total. The van der Waals surface area contributed by atoms with Crippen LogP contribution in [0, 0.1) is 0 Å². The van der Waals surface area contributed by atoms with Crippen LogP contribution in [0.15, 0.2) is 47.4 Å². The normalized spacial score (nSPS) is 16.4.